The Labute approximate surface area is 150 Å². The van der Waals surface area contributed by atoms with Crippen LogP contribution in [0, 0.1) is 11.8 Å². The van der Waals surface area contributed by atoms with E-state index in [0.717, 1.165) is 56.1 Å². The zero-order chi connectivity index (χ0) is 17.3. The predicted molar refractivity (Wildman–Crippen MR) is 98.8 cm³/mol. The lowest BCUT2D eigenvalue weighted by atomic mass is 10.3. The third-order valence-electron chi connectivity index (χ3n) is 4.45. The van der Waals surface area contributed by atoms with Crippen molar-refractivity contribution in [2.24, 2.45) is 16.8 Å². The van der Waals surface area contributed by atoms with Gasteiger partial charge < -0.3 is 20.1 Å². The maximum Gasteiger partial charge on any atom is 0.213 e. The molecule has 0 atom stereocenters. The molecule has 0 spiro atoms. The molecule has 0 amide bonds. The fourth-order valence-electron chi connectivity index (χ4n) is 2.41. The van der Waals surface area contributed by atoms with Gasteiger partial charge in [0.2, 0.25) is 5.88 Å². The van der Waals surface area contributed by atoms with Crippen molar-refractivity contribution >= 4 is 5.96 Å². The second-order valence-corrected chi connectivity index (χ2v) is 6.98. The van der Waals surface area contributed by atoms with E-state index in [-0.39, 0.29) is 0 Å². The van der Waals surface area contributed by atoms with Gasteiger partial charge in [0.15, 0.2) is 5.96 Å². The minimum Gasteiger partial charge on any atom is -0.477 e. The molecule has 0 unspecified atom stereocenters. The van der Waals surface area contributed by atoms with Crippen molar-refractivity contribution in [3.05, 3.63) is 23.9 Å². The van der Waals surface area contributed by atoms with Gasteiger partial charge in [0.25, 0.3) is 0 Å². The molecule has 2 aliphatic carbocycles. The molecule has 1 aromatic rings. The molecule has 0 aliphatic heterocycles. The molecular formula is C19H30N4O2. The minimum atomic E-state index is 0.688. The molecule has 0 saturated heterocycles. The minimum absolute atomic E-state index is 0.688. The summed E-state index contributed by atoms with van der Waals surface area (Å²) in [5.41, 5.74) is 1.11. The van der Waals surface area contributed by atoms with Crippen molar-refractivity contribution < 1.29 is 9.47 Å². The smallest absolute Gasteiger partial charge is 0.213 e. The molecule has 6 nitrogen and oxygen atoms in total. The second-order valence-electron chi connectivity index (χ2n) is 6.98. The number of aromatic nitrogens is 1. The van der Waals surface area contributed by atoms with Gasteiger partial charge in [-0.15, -0.1) is 0 Å². The summed E-state index contributed by atoms with van der Waals surface area (Å²) < 4.78 is 11.3. The van der Waals surface area contributed by atoms with Crippen LogP contribution in [0.4, 0.5) is 0 Å². The summed E-state index contributed by atoms with van der Waals surface area (Å²) in [5.74, 6) is 3.10. The number of ether oxygens (including phenoxy) is 2. The van der Waals surface area contributed by atoms with E-state index in [9.17, 15) is 0 Å². The summed E-state index contributed by atoms with van der Waals surface area (Å²) in [4.78, 5) is 8.60. The predicted octanol–water partition coefficient (Wildman–Crippen LogP) is 2.35. The zero-order valence-electron chi connectivity index (χ0n) is 15.2. The van der Waals surface area contributed by atoms with Crippen LogP contribution in [0.3, 0.4) is 0 Å². The number of aliphatic imine (C=N–C) groups is 1. The molecule has 2 saturated carbocycles. The largest absolute Gasteiger partial charge is 0.477 e. The highest BCUT2D eigenvalue weighted by Crippen LogP contribution is 2.29. The number of nitrogens with one attached hydrogen (secondary N) is 2. The standard InChI is InChI=1S/C19H30N4O2/c1-20-19(21-9-2-10-24-13-15-3-4-15)23-12-17-7-8-18(22-11-17)25-14-16-5-6-16/h7-8,11,15-16H,2-6,9-10,12-14H2,1H3,(H2,20,21,23). The van der Waals surface area contributed by atoms with Crippen LogP contribution in [-0.2, 0) is 11.3 Å². The third-order valence-corrected chi connectivity index (χ3v) is 4.45. The van der Waals surface area contributed by atoms with Gasteiger partial charge in [-0.1, -0.05) is 6.07 Å². The Hall–Kier alpha value is -1.82. The third kappa shape index (κ3) is 7.30. The van der Waals surface area contributed by atoms with Gasteiger partial charge in [0.1, 0.15) is 0 Å². The van der Waals surface area contributed by atoms with Gasteiger partial charge in [0.05, 0.1) is 6.61 Å². The maximum absolute atomic E-state index is 5.66. The van der Waals surface area contributed by atoms with Crippen LogP contribution in [0.2, 0.25) is 0 Å². The van der Waals surface area contributed by atoms with Crippen molar-refractivity contribution in [1.82, 2.24) is 15.6 Å². The molecule has 2 N–H and O–H groups in total. The molecule has 2 aliphatic rings. The highest BCUT2D eigenvalue weighted by Gasteiger charge is 2.22. The highest BCUT2D eigenvalue weighted by atomic mass is 16.5. The number of hydrogen-bond donors (Lipinski definition) is 2. The Morgan fingerprint density at radius 2 is 1.96 bits per heavy atom. The first-order chi connectivity index (χ1) is 12.3. The van der Waals surface area contributed by atoms with Crippen molar-refractivity contribution in [1.29, 1.82) is 0 Å². The van der Waals surface area contributed by atoms with E-state index in [2.05, 4.69) is 20.6 Å². The van der Waals surface area contributed by atoms with E-state index >= 15 is 0 Å². The van der Waals surface area contributed by atoms with Crippen LogP contribution in [0.25, 0.3) is 0 Å². The van der Waals surface area contributed by atoms with Crippen molar-refractivity contribution in [2.45, 2.75) is 38.6 Å². The zero-order valence-corrected chi connectivity index (χ0v) is 15.2. The van der Waals surface area contributed by atoms with E-state index in [1.54, 1.807) is 7.05 Å². The van der Waals surface area contributed by atoms with Crippen LogP contribution >= 0.6 is 0 Å². The maximum atomic E-state index is 5.66. The lowest BCUT2D eigenvalue weighted by Gasteiger charge is -2.12. The first kappa shape index (κ1) is 18.0. The Kier molecular flexibility index (Phi) is 6.91. The molecule has 0 bridgehead atoms. The summed E-state index contributed by atoms with van der Waals surface area (Å²) in [7, 11) is 1.78. The van der Waals surface area contributed by atoms with Crippen LogP contribution < -0.4 is 15.4 Å². The van der Waals surface area contributed by atoms with Crippen LogP contribution in [0.1, 0.15) is 37.7 Å². The molecule has 0 aromatic carbocycles. The Morgan fingerprint density at radius 3 is 2.64 bits per heavy atom. The first-order valence-electron chi connectivity index (χ1n) is 9.43. The highest BCUT2D eigenvalue weighted by molar-refractivity contribution is 5.79. The summed E-state index contributed by atoms with van der Waals surface area (Å²) >= 11 is 0. The van der Waals surface area contributed by atoms with E-state index in [4.69, 9.17) is 9.47 Å². The van der Waals surface area contributed by atoms with E-state index in [0.29, 0.717) is 12.4 Å². The Bertz CT molecular complexity index is 539. The molecule has 25 heavy (non-hydrogen) atoms. The molecule has 6 heteroatoms. The average Bonchev–Trinajstić information content (AvgIpc) is 3.54. The summed E-state index contributed by atoms with van der Waals surface area (Å²) in [5, 5.41) is 6.61. The molecule has 0 radical (unpaired) electrons. The van der Waals surface area contributed by atoms with Gasteiger partial charge >= 0.3 is 0 Å². The first-order valence-corrected chi connectivity index (χ1v) is 9.43. The fourth-order valence-corrected chi connectivity index (χ4v) is 2.41. The van der Waals surface area contributed by atoms with E-state index in [1.165, 1.54) is 25.7 Å². The number of nitrogens with zero attached hydrogens (tertiary/aromatic N) is 2. The molecular weight excluding hydrogens is 316 g/mol. The normalized spacial score (nSPS) is 17.4. The number of pyridine rings is 1. The van der Waals surface area contributed by atoms with Gasteiger partial charge in [-0.05, 0) is 49.5 Å². The van der Waals surface area contributed by atoms with Crippen LogP contribution in [0.15, 0.2) is 23.3 Å². The van der Waals surface area contributed by atoms with Gasteiger partial charge in [-0.2, -0.15) is 0 Å². The Morgan fingerprint density at radius 1 is 1.16 bits per heavy atom. The number of guanidine groups is 1. The molecule has 138 valence electrons. The van der Waals surface area contributed by atoms with Gasteiger partial charge in [-0.3, -0.25) is 4.99 Å². The van der Waals surface area contributed by atoms with Crippen molar-refractivity contribution in [2.75, 3.05) is 33.4 Å². The molecule has 1 aromatic heterocycles. The SMILES string of the molecule is CN=C(NCCCOCC1CC1)NCc1ccc(OCC2CC2)nc1. The molecule has 2 fully saturated rings. The van der Waals surface area contributed by atoms with E-state index < -0.39 is 0 Å². The fraction of sp³-hybridized carbons (Fsp3) is 0.684. The average molecular weight is 346 g/mol. The van der Waals surface area contributed by atoms with E-state index in [1.807, 2.05) is 18.3 Å². The van der Waals surface area contributed by atoms with Crippen molar-refractivity contribution in [3.8, 4) is 5.88 Å². The Balaban J connectivity index is 1.27. The van der Waals surface area contributed by atoms with Crippen LogP contribution in [-0.4, -0.2) is 44.4 Å². The lowest BCUT2D eigenvalue weighted by molar-refractivity contribution is 0.123. The summed E-state index contributed by atoms with van der Waals surface area (Å²) in [6.07, 6.45) is 8.12. The quantitative estimate of drug-likeness (QED) is 0.366. The summed E-state index contributed by atoms with van der Waals surface area (Å²) in [6, 6.07) is 3.98. The van der Waals surface area contributed by atoms with Gasteiger partial charge in [-0.25, -0.2) is 4.98 Å². The van der Waals surface area contributed by atoms with Crippen molar-refractivity contribution in [3.63, 3.8) is 0 Å². The second kappa shape index (κ2) is 9.61. The molecule has 3 rings (SSSR count). The lowest BCUT2D eigenvalue weighted by Crippen LogP contribution is -2.37. The number of hydrogen-bond acceptors (Lipinski definition) is 4. The molecule has 1 heterocycles. The summed E-state index contributed by atoms with van der Waals surface area (Å²) in [6.45, 7) is 4.09. The monoisotopic (exact) mass is 346 g/mol. The van der Waals surface area contributed by atoms with Crippen LogP contribution in [0.5, 0.6) is 5.88 Å². The van der Waals surface area contributed by atoms with Gasteiger partial charge in [0, 0.05) is 45.6 Å². The topological polar surface area (TPSA) is 67.8 Å². The number of rotatable bonds is 11.